The summed E-state index contributed by atoms with van der Waals surface area (Å²) in [5.74, 6) is 1.99. The lowest BCUT2D eigenvalue weighted by atomic mass is 10.1. The molecule has 0 amide bonds. The van der Waals surface area contributed by atoms with Gasteiger partial charge in [-0.05, 0) is 18.4 Å². The molecule has 1 aliphatic heterocycles. The van der Waals surface area contributed by atoms with Crippen LogP contribution in [0.2, 0.25) is 0 Å². The Morgan fingerprint density at radius 1 is 1.37 bits per heavy atom. The zero-order chi connectivity index (χ0) is 13.1. The SMILES string of the molecule is CCCc1ncc2c(n1)CN(Cc1ncc[nH]1)CC2. The van der Waals surface area contributed by atoms with Crippen LogP contribution in [0.15, 0.2) is 18.6 Å². The van der Waals surface area contributed by atoms with Gasteiger partial charge in [-0.2, -0.15) is 0 Å². The van der Waals surface area contributed by atoms with Crippen molar-refractivity contribution in [3.05, 3.63) is 41.5 Å². The van der Waals surface area contributed by atoms with E-state index in [1.807, 2.05) is 12.4 Å². The molecule has 0 saturated heterocycles. The van der Waals surface area contributed by atoms with Crippen LogP contribution in [0.1, 0.15) is 36.3 Å². The number of rotatable bonds is 4. The lowest BCUT2D eigenvalue weighted by Crippen LogP contribution is -2.31. The van der Waals surface area contributed by atoms with E-state index in [4.69, 9.17) is 4.98 Å². The molecule has 3 rings (SSSR count). The highest BCUT2D eigenvalue weighted by Crippen LogP contribution is 2.17. The van der Waals surface area contributed by atoms with Gasteiger partial charge in [0.25, 0.3) is 0 Å². The molecule has 1 N–H and O–H groups in total. The fourth-order valence-corrected chi connectivity index (χ4v) is 2.47. The minimum absolute atomic E-state index is 0.861. The van der Waals surface area contributed by atoms with Crippen molar-refractivity contribution >= 4 is 0 Å². The van der Waals surface area contributed by atoms with Gasteiger partial charge in [0.1, 0.15) is 11.6 Å². The van der Waals surface area contributed by atoms with Crippen LogP contribution in [0.3, 0.4) is 0 Å². The van der Waals surface area contributed by atoms with Crippen LogP contribution in [-0.2, 0) is 25.9 Å². The molecule has 0 fully saturated rings. The number of aryl methyl sites for hydroxylation is 1. The second-order valence-corrected chi connectivity index (χ2v) is 5.00. The van der Waals surface area contributed by atoms with Gasteiger partial charge in [0, 0.05) is 38.1 Å². The second-order valence-electron chi connectivity index (χ2n) is 5.00. The third-order valence-electron chi connectivity index (χ3n) is 3.48. The number of hydrogen-bond donors (Lipinski definition) is 1. The molecule has 0 spiro atoms. The maximum atomic E-state index is 4.70. The Kier molecular flexibility index (Phi) is 3.55. The molecule has 100 valence electrons. The molecule has 5 nitrogen and oxygen atoms in total. The molecule has 0 atom stereocenters. The third kappa shape index (κ3) is 2.81. The van der Waals surface area contributed by atoms with Gasteiger partial charge in [0.2, 0.25) is 0 Å². The number of aromatic nitrogens is 4. The number of hydrogen-bond acceptors (Lipinski definition) is 4. The van der Waals surface area contributed by atoms with E-state index >= 15 is 0 Å². The van der Waals surface area contributed by atoms with Gasteiger partial charge in [0.15, 0.2) is 0 Å². The van der Waals surface area contributed by atoms with Crippen LogP contribution in [0.25, 0.3) is 0 Å². The van der Waals surface area contributed by atoms with Crippen molar-refractivity contribution in [2.45, 2.75) is 39.3 Å². The maximum absolute atomic E-state index is 4.70. The van der Waals surface area contributed by atoms with Crippen molar-refractivity contribution in [1.29, 1.82) is 0 Å². The number of nitrogens with zero attached hydrogens (tertiary/aromatic N) is 4. The van der Waals surface area contributed by atoms with E-state index in [-0.39, 0.29) is 0 Å². The topological polar surface area (TPSA) is 57.7 Å². The van der Waals surface area contributed by atoms with E-state index in [9.17, 15) is 0 Å². The normalized spacial score (nSPS) is 15.4. The molecule has 0 radical (unpaired) electrons. The summed E-state index contributed by atoms with van der Waals surface area (Å²) < 4.78 is 0. The second kappa shape index (κ2) is 5.48. The maximum Gasteiger partial charge on any atom is 0.128 e. The molecule has 2 aromatic rings. The van der Waals surface area contributed by atoms with E-state index in [0.29, 0.717) is 0 Å². The lowest BCUT2D eigenvalue weighted by Gasteiger charge is -2.27. The zero-order valence-corrected chi connectivity index (χ0v) is 11.3. The molecule has 2 aromatic heterocycles. The Balaban J connectivity index is 1.72. The Hall–Kier alpha value is -1.75. The highest BCUT2D eigenvalue weighted by atomic mass is 15.2. The minimum atomic E-state index is 0.861. The highest BCUT2D eigenvalue weighted by Gasteiger charge is 2.19. The molecule has 1 aliphatic rings. The van der Waals surface area contributed by atoms with Crippen LogP contribution < -0.4 is 0 Å². The molecule has 3 heterocycles. The van der Waals surface area contributed by atoms with E-state index in [0.717, 1.165) is 50.5 Å². The van der Waals surface area contributed by atoms with Crippen LogP contribution in [-0.4, -0.2) is 31.4 Å². The van der Waals surface area contributed by atoms with Crippen LogP contribution in [0.4, 0.5) is 0 Å². The van der Waals surface area contributed by atoms with Crippen molar-refractivity contribution < 1.29 is 0 Å². The average Bonchev–Trinajstić information content (AvgIpc) is 2.92. The number of nitrogens with one attached hydrogen (secondary N) is 1. The standard InChI is InChI=1S/C14H19N5/c1-2-3-13-17-8-11-4-7-19(9-12(11)18-13)10-14-15-5-6-16-14/h5-6,8H,2-4,7,9-10H2,1H3,(H,15,16). The first-order valence-corrected chi connectivity index (χ1v) is 6.89. The molecule has 0 saturated carbocycles. The summed E-state index contributed by atoms with van der Waals surface area (Å²) >= 11 is 0. The van der Waals surface area contributed by atoms with E-state index < -0.39 is 0 Å². The monoisotopic (exact) mass is 257 g/mol. The first-order chi connectivity index (χ1) is 9.35. The fourth-order valence-electron chi connectivity index (χ4n) is 2.47. The molecule has 0 unspecified atom stereocenters. The average molecular weight is 257 g/mol. The summed E-state index contributed by atoms with van der Waals surface area (Å²) in [5.41, 5.74) is 2.49. The first-order valence-electron chi connectivity index (χ1n) is 6.89. The van der Waals surface area contributed by atoms with Gasteiger partial charge in [-0.15, -0.1) is 0 Å². The van der Waals surface area contributed by atoms with Gasteiger partial charge >= 0.3 is 0 Å². The van der Waals surface area contributed by atoms with Crippen molar-refractivity contribution in [3.8, 4) is 0 Å². The summed E-state index contributed by atoms with van der Waals surface area (Å²) in [6.07, 6.45) is 8.77. The van der Waals surface area contributed by atoms with E-state index in [1.165, 1.54) is 11.3 Å². The van der Waals surface area contributed by atoms with Gasteiger partial charge in [-0.25, -0.2) is 15.0 Å². The summed E-state index contributed by atoms with van der Waals surface area (Å²) in [4.78, 5) is 19.0. The number of fused-ring (bicyclic) bond motifs is 1. The number of H-pyrrole nitrogens is 1. The molecular weight excluding hydrogens is 238 g/mol. The largest absolute Gasteiger partial charge is 0.348 e. The molecular formula is C14H19N5. The van der Waals surface area contributed by atoms with Crippen LogP contribution in [0, 0.1) is 0 Å². The zero-order valence-electron chi connectivity index (χ0n) is 11.3. The van der Waals surface area contributed by atoms with Crippen molar-refractivity contribution in [3.63, 3.8) is 0 Å². The summed E-state index contributed by atoms with van der Waals surface area (Å²) in [5, 5.41) is 0. The Morgan fingerprint density at radius 2 is 2.32 bits per heavy atom. The number of aromatic amines is 1. The fraction of sp³-hybridized carbons (Fsp3) is 0.500. The van der Waals surface area contributed by atoms with E-state index in [1.54, 1.807) is 6.20 Å². The predicted octanol–water partition coefficient (Wildman–Crippen LogP) is 1.71. The molecule has 0 aromatic carbocycles. The lowest BCUT2D eigenvalue weighted by molar-refractivity contribution is 0.235. The summed E-state index contributed by atoms with van der Waals surface area (Å²) in [7, 11) is 0. The summed E-state index contributed by atoms with van der Waals surface area (Å²) in [6, 6.07) is 0. The van der Waals surface area contributed by atoms with Gasteiger partial charge < -0.3 is 4.98 Å². The smallest absolute Gasteiger partial charge is 0.128 e. The number of imidazole rings is 1. The molecule has 0 aliphatic carbocycles. The van der Waals surface area contributed by atoms with E-state index in [2.05, 4.69) is 26.8 Å². The van der Waals surface area contributed by atoms with Gasteiger partial charge in [-0.1, -0.05) is 6.92 Å². The van der Waals surface area contributed by atoms with Crippen LogP contribution in [0.5, 0.6) is 0 Å². The van der Waals surface area contributed by atoms with Gasteiger partial charge in [0.05, 0.1) is 12.2 Å². The molecule has 0 bridgehead atoms. The Labute approximate surface area is 113 Å². The minimum Gasteiger partial charge on any atom is -0.348 e. The summed E-state index contributed by atoms with van der Waals surface area (Å²) in [6.45, 7) is 4.96. The Bertz CT molecular complexity index is 535. The molecule has 5 heteroatoms. The highest BCUT2D eigenvalue weighted by molar-refractivity contribution is 5.20. The van der Waals surface area contributed by atoms with Crippen molar-refractivity contribution in [2.24, 2.45) is 0 Å². The third-order valence-corrected chi connectivity index (χ3v) is 3.48. The first kappa shape index (κ1) is 12.3. The quantitative estimate of drug-likeness (QED) is 0.906. The predicted molar refractivity (Wildman–Crippen MR) is 72.4 cm³/mol. The van der Waals surface area contributed by atoms with Gasteiger partial charge in [-0.3, -0.25) is 4.90 Å². The van der Waals surface area contributed by atoms with Crippen LogP contribution >= 0.6 is 0 Å². The Morgan fingerprint density at radius 3 is 3.11 bits per heavy atom. The molecule has 19 heavy (non-hydrogen) atoms. The van der Waals surface area contributed by atoms with Crippen molar-refractivity contribution in [2.75, 3.05) is 6.54 Å². The van der Waals surface area contributed by atoms with Crippen molar-refractivity contribution in [1.82, 2.24) is 24.8 Å².